The molecule has 20 heavy (non-hydrogen) atoms. The summed E-state index contributed by atoms with van der Waals surface area (Å²) in [5.41, 5.74) is 0.551. The van der Waals surface area contributed by atoms with Crippen LogP contribution in [0.15, 0.2) is 60.8 Å². The van der Waals surface area contributed by atoms with Gasteiger partial charge in [-0.3, -0.25) is 4.98 Å². The fraction of sp³-hybridized carbons (Fsp3) is 0.235. The van der Waals surface area contributed by atoms with Crippen LogP contribution in [-0.4, -0.2) is 4.98 Å². The third-order valence-electron chi connectivity index (χ3n) is 2.93. The van der Waals surface area contributed by atoms with E-state index >= 15 is 0 Å². The van der Waals surface area contributed by atoms with Crippen LogP contribution in [0, 0.1) is 0 Å². The molecule has 1 radical (unpaired) electrons. The van der Waals surface area contributed by atoms with Crippen LogP contribution in [0.2, 0.25) is 0 Å². The van der Waals surface area contributed by atoms with E-state index in [0.717, 1.165) is 5.39 Å². The number of fused-ring (bicyclic) bond motifs is 1. The average Bonchev–Trinajstić information content (AvgIpc) is 2.39. The minimum Gasteiger partial charge on any atom is -0.871 e. The second-order valence-electron chi connectivity index (χ2n) is 4.43. The Bertz CT molecular complexity index is 547. The van der Waals surface area contributed by atoms with E-state index in [-0.39, 0.29) is 25.2 Å². The van der Waals surface area contributed by atoms with Crippen LogP contribution in [0.25, 0.3) is 10.9 Å². The average molecular weight is 355 g/mol. The van der Waals surface area contributed by atoms with Gasteiger partial charge in [0.25, 0.3) is 0 Å². The molecular formula is C17H18NORh-. The maximum absolute atomic E-state index is 11.1. The number of pyridine rings is 1. The molecule has 0 N–H and O–H groups in total. The van der Waals surface area contributed by atoms with Gasteiger partial charge in [0.05, 0.1) is 5.52 Å². The molecule has 1 aromatic carbocycles. The van der Waals surface area contributed by atoms with Crippen molar-refractivity contribution in [3.8, 4) is 5.75 Å². The van der Waals surface area contributed by atoms with Crippen LogP contribution in [0.3, 0.4) is 0 Å². The Hall–Kier alpha value is -1.47. The second kappa shape index (κ2) is 9.44. The molecule has 0 spiro atoms. The van der Waals surface area contributed by atoms with E-state index < -0.39 is 0 Å². The molecule has 0 atom stereocenters. The quantitative estimate of drug-likeness (QED) is 0.529. The van der Waals surface area contributed by atoms with Gasteiger partial charge in [0.15, 0.2) is 0 Å². The van der Waals surface area contributed by atoms with Crippen molar-refractivity contribution in [2.45, 2.75) is 25.7 Å². The number of rotatable bonds is 0. The van der Waals surface area contributed by atoms with E-state index in [9.17, 15) is 5.11 Å². The maximum Gasteiger partial charge on any atom is 0.0623 e. The first-order valence-electron chi connectivity index (χ1n) is 6.68. The van der Waals surface area contributed by atoms with Crippen LogP contribution >= 0.6 is 0 Å². The first kappa shape index (κ1) is 16.6. The number of para-hydroxylation sites is 1. The molecule has 0 saturated heterocycles. The number of allylic oxidation sites excluding steroid dienone is 4. The smallest absolute Gasteiger partial charge is 0.0623 e. The van der Waals surface area contributed by atoms with Gasteiger partial charge >= 0.3 is 0 Å². The molecule has 0 unspecified atom stereocenters. The normalized spacial score (nSPS) is 15.2. The molecule has 1 heterocycles. The zero-order chi connectivity index (χ0) is 13.3. The summed E-state index contributed by atoms with van der Waals surface area (Å²) in [6.07, 6.45) is 15.6. The number of hydrogen-bond acceptors (Lipinski definition) is 2. The Labute approximate surface area is 133 Å². The maximum atomic E-state index is 11.1. The van der Waals surface area contributed by atoms with Crippen molar-refractivity contribution >= 4 is 10.9 Å². The van der Waals surface area contributed by atoms with Crippen molar-refractivity contribution < 1.29 is 24.6 Å². The summed E-state index contributed by atoms with van der Waals surface area (Å²) in [5.74, 6) is -0.0110. The zero-order valence-corrected chi connectivity index (χ0v) is 12.9. The van der Waals surface area contributed by atoms with Gasteiger partial charge < -0.3 is 5.11 Å². The molecule has 0 bridgehead atoms. The molecule has 3 rings (SSSR count). The summed E-state index contributed by atoms with van der Waals surface area (Å²) in [6, 6.07) is 8.84. The van der Waals surface area contributed by atoms with Gasteiger partial charge in [-0.1, -0.05) is 54.3 Å². The summed E-state index contributed by atoms with van der Waals surface area (Å²) in [7, 11) is 0. The van der Waals surface area contributed by atoms with Gasteiger partial charge in [-0.2, -0.15) is 0 Å². The molecule has 0 aliphatic heterocycles. The van der Waals surface area contributed by atoms with Crippen LogP contribution in [0.5, 0.6) is 5.75 Å². The molecule has 1 aromatic heterocycles. The Morgan fingerprint density at radius 2 is 1.35 bits per heavy atom. The second-order valence-corrected chi connectivity index (χ2v) is 4.43. The number of nitrogens with zero attached hydrogens (tertiary/aromatic N) is 1. The van der Waals surface area contributed by atoms with Crippen molar-refractivity contribution in [1.29, 1.82) is 0 Å². The number of aromatic nitrogens is 1. The molecular weight excluding hydrogens is 337 g/mol. The van der Waals surface area contributed by atoms with Crippen LogP contribution < -0.4 is 5.11 Å². The molecule has 3 heteroatoms. The molecule has 2 nitrogen and oxygen atoms in total. The number of benzene rings is 1. The van der Waals surface area contributed by atoms with E-state index in [1.807, 2.05) is 18.2 Å². The Balaban J connectivity index is 0.000000200. The van der Waals surface area contributed by atoms with Gasteiger partial charge in [0, 0.05) is 25.7 Å². The minimum atomic E-state index is -0.0110. The summed E-state index contributed by atoms with van der Waals surface area (Å²) in [6.45, 7) is 0. The van der Waals surface area contributed by atoms with E-state index in [2.05, 4.69) is 29.3 Å². The van der Waals surface area contributed by atoms with E-state index in [1.165, 1.54) is 31.7 Å². The Morgan fingerprint density at radius 3 is 1.90 bits per heavy atom. The van der Waals surface area contributed by atoms with Crippen LogP contribution in [0.1, 0.15) is 25.7 Å². The molecule has 0 amide bonds. The minimum absolute atomic E-state index is 0. The van der Waals surface area contributed by atoms with Crippen molar-refractivity contribution in [3.05, 3.63) is 60.8 Å². The van der Waals surface area contributed by atoms with Gasteiger partial charge in [0.1, 0.15) is 0 Å². The fourth-order valence-corrected chi connectivity index (χ4v) is 1.93. The molecule has 2 aromatic rings. The molecule has 107 valence electrons. The Morgan fingerprint density at radius 1 is 0.800 bits per heavy atom. The third-order valence-corrected chi connectivity index (χ3v) is 2.93. The van der Waals surface area contributed by atoms with Crippen molar-refractivity contribution in [3.63, 3.8) is 0 Å². The van der Waals surface area contributed by atoms with Gasteiger partial charge in [-0.25, -0.2) is 0 Å². The monoisotopic (exact) mass is 355 g/mol. The topological polar surface area (TPSA) is 36.0 Å². The van der Waals surface area contributed by atoms with Gasteiger partial charge in [0.2, 0.25) is 0 Å². The zero-order valence-electron chi connectivity index (χ0n) is 11.3. The fourth-order valence-electron chi connectivity index (χ4n) is 1.93. The van der Waals surface area contributed by atoms with Crippen molar-refractivity contribution in [2.24, 2.45) is 0 Å². The standard InChI is InChI=1S/C9H7NO.C8H12.Rh/c11-8-5-1-3-7-4-2-6-10-9(7)8;1-2-4-6-8-7-5-3-1;/h1-6,11H;1-2,7-8H,3-6H2;/p-1/b;2-1-,8-7?;. The molecule has 0 fully saturated rings. The first-order chi connectivity index (χ1) is 9.38. The first-order valence-corrected chi connectivity index (χ1v) is 6.68. The molecule has 1 aliphatic carbocycles. The van der Waals surface area contributed by atoms with Crippen LogP contribution in [0.4, 0.5) is 0 Å². The summed E-state index contributed by atoms with van der Waals surface area (Å²) in [4.78, 5) is 3.97. The van der Waals surface area contributed by atoms with Crippen LogP contribution in [-0.2, 0) is 19.5 Å². The van der Waals surface area contributed by atoms with E-state index in [1.54, 1.807) is 12.3 Å². The molecule has 0 saturated carbocycles. The number of hydrogen-bond donors (Lipinski definition) is 0. The van der Waals surface area contributed by atoms with Gasteiger partial charge in [-0.15, -0.1) is 0 Å². The van der Waals surface area contributed by atoms with Crippen molar-refractivity contribution in [1.82, 2.24) is 4.98 Å². The van der Waals surface area contributed by atoms with Crippen molar-refractivity contribution in [2.75, 3.05) is 0 Å². The Kier molecular flexibility index (Phi) is 7.83. The summed E-state index contributed by atoms with van der Waals surface area (Å²) in [5, 5.41) is 12.0. The van der Waals surface area contributed by atoms with E-state index in [4.69, 9.17) is 0 Å². The SMILES string of the molecule is C1=CCC/C=C\CC1.[O-]c1cccc2cccnc12.[Rh]. The summed E-state index contributed by atoms with van der Waals surface area (Å²) < 4.78 is 0. The largest absolute Gasteiger partial charge is 0.871 e. The van der Waals surface area contributed by atoms with E-state index in [0.29, 0.717) is 5.52 Å². The summed E-state index contributed by atoms with van der Waals surface area (Å²) >= 11 is 0. The van der Waals surface area contributed by atoms with Gasteiger partial charge in [-0.05, 0) is 37.1 Å². The molecule has 1 aliphatic rings. The predicted molar refractivity (Wildman–Crippen MR) is 77.9 cm³/mol. The third kappa shape index (κ3) is 5.26. The predicted octanol–water partition coefficient (Wildman–Crippen LogP) is 3.98.